The topological polar surface area (TPSA) is 78.5 Å². The predicted octanol–water partition coefficient (Wildman–Crippen LogP) is 3.45. The molecule has 0 aromatic heterocycles. The Morgan fingerprint density at radius 3 is 2.17 bits per heavy atom. The quantitative estimate of drug-likeness (QED) is 0.684. The highest BCUT2D eigenvalue weighted by Gasteiger charge is 2.24. The van der Waals surface area contributed by atoms with Gasteiger partial charge in [0.15, 0.2) is 0 Å². The summed E-state index contributed by atoms with van der Waals surface area (Å²) in [6.07, 6.45) is 1.19. The largest absolute Gasteiger partial charge is 0.350 e. The van der Waals surface area contributed by atoms with E-state index in [1.807, 2.05) is 19.1 Å². The van der Waals surface area contributed by atoms with Crippen LogP contribution in [0.4, 0.5) is 5.69 Å². The van der Waals surface area contributed by atoms with Gasteiger partial charge in [-0.3, -0.25) is 14.4 Å². The van der Waals surface area contributed by atoms with E-state index in [0.717, 1.165) is 17.7 Å². The zero-order valence-corrected chi connectivity index (χ0v) is 17.4. The van der Waals surface area contributed by atoms with Crippen molar-refractivity contribution in [3.8, 4) is 0 Å². The van der Waals surface area contributed by atoms with Gasteiger partial charge in [0.25, 0.3) is 11.8 Å². The molecule has 0 saturated carbocycles. The number of hydrogen-bond donors (Lipinski definition) is 2. The lowest BCUT2D eigenvalue weighted by atomic mass is 10.1. The average molecular weight is 434 g/mol. The molecule has 0 fully saturated rings. The number of rotatable bonds is 6. The Morgan fingerprint density at radius 1 is 0.931 bits per heavy atom. The van der Waals surface area contributed by atoms with Crippen LogP contribution >= 0.6 is 23.2 Å². The summed E-state index contributed by atoms with van der Waals surface area (Å²) in [5.41, 5.74) is 2.80. The van der Waals surface area contributed by atoms with Crippen LogP contribution < -0.4 is 15.5 Å². The van der Waals surface area contributed by atoms with Crippen LogP contribution in [0.25, 0.3) is 0 Å². The van der Waals surface area contributed by atoms with E-state index in [0.29, 0.717) is 34.1 Å². The smallest absolute Gasteiger partial charge is 0.251 e. The number of nitrogens with one attached hydrogen (secondary N) is 2. The van der Waals surface area contributed by atoms with Gasteiger partial charge in [-0.1, -0.05) is 30.1 Å². The number of anilines is 1. The Balaban J connectivity index is 1.50. The highest BCUT2D eigenvalue weighted by atomic mass is 35.5. The zero-order valence-electron chi connectivity index (χ0n) is 15.9. The summed E-state index contributed by atoms with van der Waals surface area (Å²) in [6.45, 7) is 3.04. The van der Waals surface area contributed by atoms with Crippen molar-refractivity contribution in [3.05, 3.63) is 63.1 Å². The average Bonchev–Trinajstić information content (AvgIpc) is 3.15. The molecule has 0 radical (unpaired) electrons. The number of halogens is 2. The van der Waals surface area contributed by atoms with Crippen molar-refractivity contribution in [1.82, 2.24) is 10.6 Å². The molecule has 1 aliphatic rings. The summed E-state index contributed by atoms with van der Waals surface area (Å²) in [7, 11) is 0. The summed E-state index contributed by atoms with van der Waals surface area (Å²) in [5.74, 6) is -0.438. The monoisotopic (exact) mass is 433 g/mol. The maximum Gasteiger partial charge on any atom is 0.251 e. The van der Waals surface area contributed by atoms with Crippen molar-refractivity contribution < 1.29 is 14.4 Å². The van der Waals surface area contributed by atoms with Crippen molar-refractivity contribution >= 4 is 46.6 Å². The Bertz CT molecular complexity index is 962. The summed E-state index contributed by atoms with van der Waals surface area (Å²) in [5, 5.41) is 6.19. The molecule has 2 aromatic carbocycles. The Morgan fingerprint density at radius 2 is 1.55 bits per heavy atom. The van der Waals surface area contributed by atoms with Crippen molar-refractivity contribution in [2.24, 2.45) is 0 Å². The van der Waals surface area contributed by atoms with Gasteiger partial charge >= 0.3 is 0 Å². The molecule has 152 valence electrons. The van der Waals surface area contributed by atoms with Crippen LogP contribution in [0, 0.1) is 0 Å². The van der Waals surface area contributed by atoms with Gasteiger partial charge in [-0.05, 0) is 48.4 Å². The lowest BCUT2D eigenvalue weighted by Crippen LogP contribution is -2.34. The van der Waals surface area contributed by atoms with E-state index in [1.165, 1.54) is 6.07 Å². The number of hydrogen-bond acceptors (Lipinski definition) is 3. The normalized spacial score (nSPS) is 12.4. The van der Waals surface area contributed by atoms with E-state index in [4.69, 9.17) is 23.2 Å². The van der Waals surface area contributed by atoms with E-state index in [-0.39, 0.29) is 30.8 Å². The van der Waals surface area contributed by atoms with E-state index < -0.39 is 0 Å². The first-order valence-electron chi connectivity index (χ1n) is 9.35. The van der Waals surface area contributed by atoms with Crippen LogP contribution in [0.15, 0.2) is 36.4 Å². The predicted molar refractivity (Wildman–Crippen MR) is 114 cm³/mol. The third kappa shape index (κ3) is 4.89. The molecule has 8 heteroatoms. The highest BCUT2D eigenvalue weighted by Crippen LogP contribution is 2.29. The first-order chi connectivity index (χ1) is 13.9. The molecule has 2 aromatic rings. The fraction of sp³-hybridized carbons (Fsp3) is 0.286. The van der Waals surface area contributed by atoms with E-state index >= 15 is 0 Å². The molecule has 0 bridgehead atoms. The van der Waals surface area contributed by atoms with Crippen molar-refractivity contribution in [2.75, 3.05) is 24.5 Å². The first-order valence-corrected chi connectivity index (χ1v) is 10.1. The van der Waals surface area contributed by atoms with E-state index in [1.54, 1.807) is 23.1 Å². The molecule has 0 atom stereocenters. The minimum Gasteiger partial charge on any atom is -0.350 e. The van der Waals surface area contributed by atoms with Gasteiger partial charge in [0.2, 0.25) is 5.91 Å². The van der Waals surface area contributed by atoms with Gasteiger partial charge in [-0.25, -0.2) is 0 Å². The number of nitrogens with zero attached hydrogens (tertiary/aromatic N) is 1. The van der Waals surface area contributed by atoms with Crippen LogP contribution in [0.3, 0.4) is 0 Å². The van der Waals surface area contributed by atoms with Gasteiger partial charge in [0.05, 0.1) is 10.0 Å². The molecule has 2 N–H and O–H groups in total. The third-order valence-electron chi connectivity index (χ3n) is 4.72. The van der Waals surface area contributed by atoms with Crippen LogP contribution in [0.1, 0.15) is 39.6 Å². The molecule has 0 aliphatic carbocycles. The maximum atomic E-state index is 12.4. The minimum atomic E-state index is -0.295. The molecule has 0 saturated heterocycles. The molecule has 1 aliphatic heterocycles. The summed E-state index contributed by atoms with van der Waals surface area (Å²) < 4.78 is 0. The van der Waals surface area contributed by atoms with E-state index in [9.17, 15) is 14.4 Å². The van der Waals surface area contributed by atoms with Gasteiger partial charge < -0.3 is 15.5 Å². The lowest BCUT2D eigenvalue weighted by Gasteiger charge is -2.16. The fourth-order valence-electron chi connectivity index (χ4n) is 3.19. The lowest BCUT2D eigenvalue weighted by molar-refractivity contribution is -0.118. The fourth-order valence-corrected chi connectivity index (χ4v) is 3.48. The first kappa shape index (κ1) is 21.1. The molecular weight excluding hydrogens is 413 g/mol. The molecule has 0 unspecified atom stereocenters. The molecule has 6 nitrogen and oxygen atoms in total. The Kier molecular flexibility index (Phi) is 6.77. The third-order valence-corrected chi connectivity index (χ3v) is 5.46. The number of benzene rings is 2. The highest BCUT2D eigenvalue weighted by molar-refractivity contribution is 6.42. The molecule has 29 heavy (non-hydrogen) atoms. The van der Waals surface area contributed by atoms with Crippen molar-refractivity contribution in [2.45, 2.75) is 19.8 Å². The van der Waals surface area contributed by atoms with Gasteiger partial charge in [0, 0.05) is 42.9 Å². The van der Waals surface area contributed by atoms with E-state index in [2.05, 4.69) is 10.6 Å². The van der Waals surface area contributed by atoms with Gasteiger partial charge in [-0.2, -0.15) is 0 Å². The van der Waals surface area contributed by atoms with Crippen LogP contribution in [0.2, 0.25) is 10.0 Å². The molecule has 1 heterocycles. The van der Waals surface area contributed by atoms with Gasteiger partial charge in [-0.15, -0.1) is 0 Å². The molecule has 0 spiro atoms. The van der Waals surface area contributed by atoms with Gasteiger partial charge in [0.1, 0.15) is 0 Å². The zero-order chi connectivity index (χ0) is 21.0. The standard InChI is InChI=1S/C21H21Cl2N3O3/c1-2-19(27)26-10-7-13-11-14(4-6-18(13)26)20(28)24-8-9-25-21(29)15-3-5-16(22)17(23)12-15/h3-6,11-12H,2,7-10H2,1H3,(H,24,28)(H,25,29). The second-order valence-corrected chi connectivity index (χ2v) is 7.45. The number of carbonyl (C=O) groups is 3. The Labute approximate surface area is 179 Å². The summed E-state index contributed by atoms with van der Waals surface area (Å²) in [6, 6.07) is 9.99. The second-order valence-electron chi connectivity index (χ2n) is 6.63. The summed E-state index contributed by atoms with van der Waals surface area (Å²) in [4.78, 5) is 38.2. The number of fused-ring (bicyclic) bond motifs is 1. The molecule has 3 rings (SSSR count). The SMILES string of the molecule is CCC(=O)N1CCc2cc(C(=O)NCCNC(=O)c3ccc(Cl)c(Cl)c3)ccc21. The molecular formula is C21H21Cl2N3O3. The Hall–Kier alpha value is -2.57. The second kappa shape index (κ2) is 9.29. The maximum absolute atomic E-state index is 12.4. The van der Waals surface area contributed by atoms with Crippen LogP contribution in [-0.2, 0) is 11.2 Å². The molecule has 3 amide bonds. The van der Waals surface area contributed by atoms with Crippen molar-refractivity contribution in [3.63, 3.8) is 0 Å². The van der Waals surface area contributed by atoms with Crippen LogP contribution in [0.5, 0.6) is 0 Å². The summed E-state index contributed by atoms with van der Waals surface area (Å²) >= 11 is 11.8. The van der Waals surface area contributed by atoms with Crippen molar-refractivity contribution in [1.29, 1.82) is 0 Å². The number of amides is 3. The van der Waals surface area contributed by atoms with Crippen LogP contribution in [-0.4, -0.2) is 37.4 Å². The number of carbonyl (C=O) groups excluding carboxylic acids is 3. The minimum absolute atomic E-state index is 0.0821.